The van der Waals surface area contributed by atoms with Gasteiger partial charge in [-0.25, -0.2) is 8.78 Å². The molecule has 0 radical (unpaired) electrons. The van der Waals surface area contributed by atoms with Crippen LogP contribution in [0.25, 0.3) is 5.57 Å². The summed E-state index contributed by atoms with van der Waals surface area (Å²) in [5.74, 6) is -0.623. The van der Waals surface area contributed by atoms with Crippen LogP contribution in [0.15, 0.2) is 24.3 Å². The summed E-state index contributed by atoms with van der Waals surface area (Å²) in [6.07, 6.45) is 5.48. The molecule has 1 amide bonds. The summed E-state index contributed by atoms with van der Waals surface area (Å²) in [4.78, 5) is 24.3. The molecule has 0 bridgehead atoms. The van der Waals surface area contributed by atoms with E-state index in [4.69, 9.17) is 0 Å². The Morgan fingerprint density at radius 1 is 1.33 bits per heavy atom. The van der Waals surface area contributed by atoms with E-state index in [0.29, 0.717) is 6.29 Å². The summed E-state index contributed by atoms with van der Waals surface area (Å²) >= 11 is 0. The average Bonchev–Trinajstić information content (AvgIpc) is 2.54. The van der Waals surface area contributed by atoms with E-state index in [2.05, 4.69) is 6.92 Å². The molecule has 0 spiro atoms. The number of alkyl halides is 1. The molecule has 0 aromatic heterocycles. The van der Waals surface area contributed by atoms with Crippen LogP contribution >= 0.6 is 0 Å². The van der Waals surface area contributed by atoms with Gasteiger partial charge in [0.1, 0.15) is 18.8 Å². The van der Waals surface area contributed by atoms with Crippen molar-refractivity contribution in [1.29, 1.82) is 0 Å². The van der Waals surface area contributed by atoms with E-state index in [-0.39, 0.29) is 31.2 Å². The Hall–Kier alpha value is -2.04. The number of hydrogen-bond acceptors (Lipinski definition) is 2. The van der Waals surface area contributed by atoms with Crippen LogP contribution in [-0.2, 0) is 9.59 Å². The Balaban J connectivity index is 3.03. The zero-order valence-corrected chi connectivity index (χ0v) is 14.4. The molecule has 3 nitrogen and oxygen atoms in total. The van der Waals surface area contributed by atoms with Crippen LogP contribution in [0.1, 0.15) is 43.7 Å². The first-order chi connectivity index (χ1) is 11.5. The number of unbranched alkanes of at least 4 members (excludes halogenated alkanes) is 2. The van der Waals surface area contributed by atoms with E-state index in [1.165, 1.54) is 17.0 Å². The van der Waals surface area contributed by atoms with Gasteiger partial charge in [-0.1, -0.05) is 31.9 Å². The van der Waals surface area contributed by atoms with E-state index >= 15 is 0 Å². The lowest BCUT2D eigenvalue weighted by molar-refractivity contribution is -0.132. The standard InChI is InChI=1S/C19H25F2NO2/c1-3-4-5-6-16(18-8-7-17(21)13-15(18)2)14-19(24)22(10-9-20)11-12-23/h6-8,12-13H,3-5,9-11,14H2,1-2H3/b16-6-. The van der Waals surface area contributed by atoms with Crippen molar-refractivity contribution < 1.29 is 18.4 Å². The van der Waals surface area contributed by atoms with Gasteiger partial charge in [0.2, 0.25) is 5.91 Å². The lowest BCUT2D eigenvalue weighted by atomic mass is 9.96. The predicted octanol–water partition coefficient (Wildman–Crippen LogP) is 4.09. The largest absolute Gasteiger partial charge is 0.333 e. The Labute approximate surface area is 142 Å². The average molecular weight is 337 g/mol. The van der Waals surface area contributed by atoms with E-state index < -0.39 is 6.67 Å². The molecule has 1 aromatic carbocycles. The third-order valence-electron chi connectivity index (χ3n) is 3.83. The minimum atomic E-state index is -0.690. The van der Waals surface area contributed by atoms with Crippen LogP contribution in [0.2, 0.25) is 0 Å². The third kappa shape index (κ3) is 6.22. The number of carbonyl (C=O) groups is 2. The first kappa shape index (κ1) is 20.0. The summed E-state index contributed by atoms with van der Waals surface area (Å²) < 4.78 is 25.9. The van der Waals surface area contributed by atoms with Crippen molar-refractivity contribution in [2.75, 3.05) is 19.8 Å². The van der Waals surface area contributed by atoms with Gasteiger partial charge >= 0.3 is 0 Å². The van der Waals surface area contributed by atoms with Gasteiger partial charge in [0, 0.05) is 6.54 Å². The molecule has 24 heavy (non-hydrogen) atoms. The van der Waals surface area contributed by atoms with Crippen molar-refractivity contribution in [3.05, 3.63) is 41.2 Å². The molecule has 0 aliphatic carbocycles. The highest BCUT2D eigenvalue weighted by atomic mass is 19.1. The van der Waals surface area contributed by atoms with Crippen molar-refractivity contribution in [3.63, 3.8) is 0 Å². The zero-order chi connectivity index (χ0) is 17.9. The predicted molar refractivity (Wildman–Crippen MR) is 91.9 cm³/mol. The van der Waals surface area contributed by atoms with Crippen LogP contribution in [0, 0.1) is 12.7 Å². The maximum atomic E-state index is 13.3. The fourth-order valence-electron chi connectivity index (χ4n) is 2.53. The molecule has 0 fully saturated rings. The van der Waals surface area contributed by atoms with E-state index in [0.717, 1.165) is 36.0 Å². The van der Waals surface area contributed by atoms with Crippen LogP contribution in [0.5, 0.6) is 0 Å². The third-order valence-corrected chi connectivity index (χ3v) is 3.83. The first-order valence-corrected chi connectivity index (χ1v) is 8.26. The Kier molecular flexibility index (Phi) is 8.90. The minimum absolute atomic E-state index is 0.0734. The van der Waals surface area contributed by atoms with Gasteiger partial charge in [0.05, 0.1) is 13.0 Å². The second-order valence-corrected chi connectivity index (χ2v) is 5.70. The summed E-state index contributed by atoms with van der Waals surface area (Å²) in [6.45, 7) is 2.97. The van der Waals surface area contributed by atoms with Gasteiger partial charge < -0.3 is 9.69 Å². The minimum Gasteiger partial charge on any atom is -0.333 e. The molecule has 0 aliphatic heterocycles. The molecule has 5 heteroatoms. The maximum Gasteiger partial charge on any atom is 0.227 e. The summed E-state index contributed by atoms with van der Waals surface area (Å²) in [5, 5.41) is 0. The van der Waals surface area contributed by atoms with Crippen LogP contribution in [-0.4, -0.2) is 36.9 Å². The maximum absolute atomic E-state index is 13.3. The second kappa shape index (κ2) is 10.7. The van der Waals surface area contributed by atoms with Crippen molar-refractivity contribution in [1.82, 2.24) is 4.90 Å². The number of benzene rings is 1. The Morgan fingerprint density at radius 2 is 2.08 bits per heavy atom. The number of hydrogen-bond donors (Lipinski definition) is 0. The molecule has 1 rings (SSSR count). The van der Waals surface area contributed by atoms with Crippen molar-refractivity contribution in [3.8, 4) is 0 Å². The molecule has 0 saturated heterocycles. The smallest absolute Gasteiger partial charge is 0.227 e. The Bertz CT molecular complexity index is 585. The van der Waals surface area contributed by atoms with Gasteiger partial charge in [0.15, 0.2) is 0 Å². The van der Waals surface area contributed by atoms with Crippen LogP contribution < -0.4 is 0 Å². The zero-order valence-electron chi connectivity index (χ0n) is 14.4. The highest BCUT2D eigenvalue weighted by Gasteiger charge is 2.17. The van der Waals surface area contributed by atoms with Crippen molar-refractivity contribution in [2.45, 2.75) is 39.5 Å². The molecule has 0 atom stereocenters. The van der Waals surface area contributed by atoms with Crippen LogP contribution in [0.3, 0.4) is 0 Å². The number of halogens is 2. The van der Waals surface area contributed by atoms with Gasteiger partial charge in [-0.3, -0.25) is 4.79 Å². The van der Waals surface area contributed by atoms with Gasteiger partial charge in [-0.15, -0.1) is 0 Å². The number of allylic oxidation sites excluding steroid dienone is 1. The summed E-state index contributed by atoms with van der Waals surface area (Å²) in [7, 11) is 0. The molecule has 0 N–H and O–H groups in total. The molecule has 132 valence electrons. The van der Waals surface area contributed by atoms with Crippen molar-refractivity contribution >= 4 is 17.8 Å². The lowest BCUT2D eigenvalue weighted by Gasteiger charge is -2.20. The molecule has 0 heterocycles. The van der Waals surface area contributed by atoms with Gasteiger partial charge in [-0.05, 0) is 42.2 Å². The normalized spacial score (nSPS) is 11.4. The topological polar surface area (TPSA) is 37.4 Å². The number of amides is 1. The van der Waals surface area contributed by atoms with E-state index in [9.17, 15) is 18.4 Å². The SMILES string of the molecule is CCCC/C=C(/CC(=O)N(CC=O)CCF)c1ccc(F)cc1C. The number of aldehydes is 1. The van der Waals surface area contributed by atoms with Crippen molar-refractivity contribution in [2.24, 2.45) is 0 Å². The number of carbonyl (C=O) groups excluding carboxylic acids is 2. The molecule has 0 aliphatic rings. The van der Waals surface area contributed by atoms with Crippen LogP contribution in [0.4, 0.5) is 8.78 Å². The van der Waals surface area contributed by atoms with E-state index in [1.54, 1.807) is 13.0 Å². The van der Waals surface area contributed by atoms with Gasteiger partial charge in [0.25, 0.3) is 0 Å². The molecular weight excluding hydrogens is 312 g/mol. The lowest BCUT2D eigenvalue weighted by Crippen LogP contribution is -2.34. The summed E-state index contributed by atoms with van der Waals surface area (Å²) in [6, 6.07) is 4.46. The quantitative estimate of drug-likeness (QED) is 0.476. The molecule has 0 unspecified atom stereocenters. The highest BCUT2D eigenvalue weighted by molar-refractivity contribution is 5.90. The Morgan fingerprint density at radius 3 is 2.67 bits per heavy atom. The highest BCUT2D eigenvalue weighted by Crippen LogP contribution is 2.25. The number of rotatable bonds is 10. The first-order valence-electron chi connectivity index (χ1n) is 8.26. The fraction of sp³-hybridized carbons (Fsp3) is 0.474. The molecule has 1 aromatic rings. The summed E-state index contributed by atoms with van der Waals surface area (Å²) in [5.41, 5.74) is 2.35. The second-order valence-electron chi connectivity index (χ2n) is 5.70. The monoisotopic (exact) mass is 337 g/mol. The number of aryl methyl sites for hydroxylation is 1. The fourth-order valence-corrected chi connectivity index (χ4v) is 2.53. The molecular formula is C19H25F2NO2. The van der Waals surface area contributed by atoms with Gasteiger partial charge in [-0.2, -0.15) is 0 Å². The number of nitrogens with zero attached hydrogens (tertiary/aromatic N) is 1. The molecule has 0 saturated carbocycles. The van der Waals surface area contributed by atoms with E-state index in [1.807, 2.05) is 6.08 Å².